The van der Waals surface area contributed by atoms with Crippen molar-refractivity contribution in [2.45, 2.75) is 19.5 Å². The van der Waals surface area contributed by atoms with E-state index in [2.05, 4.69) is 10.3 Å². The van der Waals surface area contributed by atoms with Crippen LogP contribution >= 0.6 is 11.6 Å². The third-order valence-electron chi connectivity index (χ3n) is 2.80. The molecule has 94 valence electrons. The number of pyridine rings is 1. The van der Waals surface area contributed by atoms with Crippen LogP contribution in [0.3, 0.4) is 0 Å². The summed E-state index contributed by atoms with van der Waals surface area (Å²) in [5.41, 5.74) is 1.90. The number of hydrogen-bond acceptors (Lipinski definition) is 2. The van der Waals surface area contributed by atoms with E-state index in [1.807, 2.05) is 19.1 Å². The molecule has 2 rings (SSSR count). The van der Waals surface area contributed by atoms with Gasteiger partial charge >= 0.3 is 0 Å². The van der Waals surface area contributed by atoms with Gasteiger partial charge in [-0.15, -0.1) is 0 Å². The highest BCUT2D eigenvalue weighted by atomic mass is 35.5. The molecule has 0 aliphatic heterocycles. The van der Waals surface area contributed by atoms with Crippen LogP contribution in [-0.2, 0) is 6.54 Å². The SMILES string of the molecule is C[C@@H](NCc1ccncc1Cl)c1cccc(F)c1. The molecule has 0 aliphatic carbocycles. The molecule has 1 aromatic heterocycles. The Hall–Kier alpha value is -1.45. The molecule has 0 aliphatic rings. The number of aromatic nitrogens is 1. The zero-order chi connectivity index (χ0) is 13.0. The van der Waals surface area contributed by atoms with Gasteiger partial charge in [-0.05, 0) is 36.2 Å². The average molecular weight is 265 g/mol. The van der Waals surface area contributed by atoms with E-state index in [0.717, 1.165) is 11.1 Å². The van der Waals surface area contributed by atoms with Gasteiger partial charge in [0.2, 0.25) is 0 Å². The van der Waals surface area contributed by atoms with Gasteiger partial charge in [-0.3, -0.25) is 4.98 Å². The lowest BCUT2D eigenvalue weighted by Gasteiger charge is -2.14. The molecule has 0 fully saturated rings. The fourth-order valence-electron chi connectivity index (χ4n) is 1.70. The first-order chi connectivity index (χ1) is 8.66. The first kappa shape index (κ1) is 13.0. The Morgan fingerprint density at radius 3 is 2.94 bits per heavy atom. The van der Waals surface area contributed by atoms with Crippen molar-refractivity contribution >= 4 is 11.6 Å². The summed E-state index contributed by atoms with van der Waals surface area (Å²) >= 11 is 6.02. The van der Waals surface area contributed by atoms with E-state index in [4.69, 9.17) is 11.6 Å². The van der Waals surface area contributed by atoms with E-state index in [9.17, 15) is 4.39 Å². The van der Waals surface area contributed by atoms with Gasteiger partial charge in [0.15, 0.2) is 0 Å². The Balaban J connectivity index is 2.00. The van der Waals surface area contributed by atoms with E-state index in [1.165, 1.54) is 12.1 Å². The van der Waals surface area contributed by atoms with Crippen molar-refractivity contribution in [1.29, 1.82) is 0 Å². The highest BCUT2D eigenvalue weighted by Crippen LogP contribution is 2.17. The Bertz CT molecular complexity index is 531. The van der Waals surface area contributed by atoms with E-state index < -0.39 is 0 Å². The molecule has 4 heteroatoms. The molecule has 0 unspecified atom stereocenters. The molecular weight excluding hydrogens is 251 g/mol. The van der Waals surface area contributed by atoms with Gasteiger partial charge in [0.1, 0.15) is 5.82 Å². The van der Waals surface area contributed by atoms with Crippen LogP contribution in [0.5, 0.6) is 0 Å². The predicted octanol–water partition coefficient (Wildman–Crippen LogP) is 3.72. The quantitative estimate of drug-likeness (QED) is 0.910. The summed E-state index contributed by atoms with van der Waals surface area (Å²) in [7, 11) is 0. The topological polar surface area (TPSA) is 24.9 Å². The summed E-state index contributed by atoms with van der Waals surface area (Å²) in [5, 5.41) is 3.94. The molecule has 1 atom stereocenters. The smallest absolute Gasteiger partial charge is 0.123 e. The predicted molar refractivity (Wildman–Crippen MR) is 70.9 cm³/mol. The molecule has 2 nitrogen and oxygen atoms in total. The van der Waals surface area contributed by atoms with E-state index in [-0.39, 0.29) is 11.9 Å². The minimum atomic E-state index is -0.219. The first-order valence-electron chi connectivity index (χ1n) is 5.74. The lowest BCUT2D eigenvalue weighted by atomic mass is 10.1. The lowest BCUT2D eigenvalue weighted by Crippen LogP contribution is -2.18. The molecular formula is C14H14ClFN2. The van der Waals surface area contributed by atoms with Crippen molar-refractivity contribution in [3.05, 3.63) is 64.7 Å². The zero-order valence-corrected chi connectivity index (χ0v) is 10.8. The summed E-state index contributed by atoms with van der Waals surface area (Å²) in [6.07, 6.45) is 3.32. The molecule has 1 N–H and O–H groups in total. The van der Waals surface area contributed by atoms with Gasteiger partial charge in [-0.25, -0.2) is 4.39 Å². The number of nitrogens with one attached hydrogen (secondary N) is 1. The second kappa shape index (κ2) is 5.94. The van der Waals surface area contributed by atoms with Crippen molar-refractivity contribution in [3.63, 3.8) is 0 Å². The monoisotopic (exact) mass is 264 g/mol. The van der Waals surface area contributed by atoms with Gasteiger partial charge < -0.3 is 5.32 Å². The maximum atomic E-state index is 13.1. The van der Waals surface area contributed by atoms with Gasteiger partial charge in [-0.1, -0.05) is 23.7 Å². The number of halogens is 2. The van der Waals surface area contributed by atoms with Crippen molar-refractivity contribution in [1.82, 2.24) is 10.3 Å². The van der Waals surface area contributed by atoms with Crippen LogP contribution in [0, 0.1) is 5.82 Å². The van der Waals surface area contributed by atoms with Crippen LogP contribution < -0.4 is 5.32 Å². The maximum Gasteiger partial charge on any atom is 0.123 e. The van der Waals surface area contributed by atoms with Crippen LogP contribution in [0.1, 0.15) is 24.1 Å². The van der Waals surface area contributed by atoms with E-state index in [0.29, 0.717) is 11.6 Å². The fraction of sp³-hybridized carbons (Fsp3) is 0.214. The molecule has 1 heterocycles. The molecule has 0 saturated heterocycles. The highest BCUT2D eigenvalue weighted by Gasteiger charge is 2.07. The van der Waals surface area contributed by atoms with E-state index >= 15 is 0 Å². The Labute approximate surface area is 111 Å². The molecule has 0 spiro atoms. The zero-order valence-electron chi connectivity index (χ0n) is 10.0. The largest absolute Gasteiger partial charge is 0.306 e. The first-order valence-corrected chi connectivity index (χ1v) is 6.12. The maximum absolute atomic E-state index is 13.1. The molecule has 0 radical (unpaired) electrons. The van der Waals surface area contributed by atoms with Crippen LogP contribution in [-0.4, -0.2) is 4.98 Å². The van der Waals surface area contributed by atoms with E-state index in [1.54, 1.807) is 18.5 Å². The lowest BCUT2D eigenvalue weighted by molar-refractivity contribution is 0.565. The summed E-state index contributed by atoms with van der Waals surface area (Å²) < 4.78 is 13.1. The van der Waals surface area contributed by atoms with Crippen molar-refractivity contribution < 1.29 is 4.39 Å². The van der Waals surface area contributed by atoms with Crippen LogP contribution in [0.25, 0.3) is 0 Å². The standard InChI is InChI=1S/C14H14ClFN2/c1-10(11-3-2-4-13(16)7-11)18-8-12-5-6-17-9-14(12)15/h2-7,9-10,18H,8H2,1H3/t10-/m1/s1. The van der Waals surface area contributed by atoms with Crippen LogP contribution in [0.15, 0.2) is 42.7 Å². The molecule has 0 bridgehead atoms. The third kappa shape index (κ3) is 3.28. The third-order valence-corrected chi connectivity index (χ3v) is 3.14. The second-order valence-corrected chi connectivity index (χ2v) is 4.53. The summed E-state index contributed by atoms with van der Waals surface area (Å²) in [6.45, 7) is 2.61. The molecule has 1 aromatic carbocycles. The van der Waals surface area contributed by atoms with Crippen molar-refractivity contribution in [3.8, 4) is 0 Å². The summed E-state index contributed by atoms with van der Waals surface area (Å²) in [6, 6.07) is 8.51. The number of benzene rings is 1. The number of hydrogen-bond donors (Lipinski definition) is 1. The van der Waals surface area contributed by atoms with Crippen LogP contribution in [0.4, 0.5) is 4.39 Å². The van der Waals surface area contributed by atoms with Gasteiger partial charge in [0, 0.05) is 25.0 Å². The van der Waals surface area contributed by atoms with Gasteiger partial charge in [-0.2, -0.15) is 0 Å². The molecule has 0 saturated carbocycles. The Kier molecular flexibility index (Phi) is 4.28. The highest BCUT2D eigenvalue weighted by molar-refractivity contribution is 6.31. The molecule has 0 amide bonds. The second-order valence-electron chi connectivity index (χ2n) is 4.12. The molecule has 18 heavy (non-hydrogen) atoms. The summed E-state index contributed by atoms with van der Waals surface area (Å²) in [5.74, 6) is -0.219. The van der Waals surface area contributed by atoms with Gasteiger partial charge in [0.25, 0.3) is 0 Å². The Morgan fingerprint density at radius 2 is 2.22 bits per heavy atom. The number of rotatable bonds is 4. The van der Waals surface area contributed by atoms with Gasteiger partial charge in [0.05, 0.1) is 5.02 Å². The summed E-state index contributed by atoms with van der Waals surface area (Å²) in [4.78, 5) is 3.93. The normalized spacial score (nSPS) is 12.4. The Morgan fingerprint density at radius 1 is 1.39 bits per heavy atom. The number of nitrogens with zero attached hydrogens (tertiary/aromatic N) is 1. The van der Waals surface area contributed by atoms with Crippen molar-refractivity contribution in [2.24, 2.45) is 0 Å². The fourth-order valence-corrected chi connectivity index (χ4v) is 1.89. The van der Waals surface area contributed by atoms with Crippen LogP contribution in [0.2, 0.25) is 5.02 Å². The average Bonchev–Trinajstić information content (AvgIpc) is 2.37. The minimum Gasteiger partial charge on any atom is -0.306 e. The molecule has 2 aromatic rings. The minimum absolute atomic E-state index is 0.0601. The van der Waals surface area contributed by atoms with Crippen molar-refractivity contribution in [2.75, 3.05) is 0 Å².